The van der Waals surface area contributed by atoms with Crippen molar-refractivity contribution in [3.8, 4) is 22.9 Å². The van der Waals surface area contributed by atoms with Gasteiger partial charge in [-0.1, -0.05) is 25.6 Å². The predicted octanol–water partition coefficient (Wildman–Crippen LogP) is 4.43. The molecule has 1 fully saturated rings. The molecule has 0 aliphatic carbocycles. The normalized spacial score (nSPS) is 18.2. The number of likely N-dealkylation sites (N-methyl/N-ethyl adjacent to an activating group) is 1. The Labute approximate surface area is 233 Å². The summed E-state index contributed by atoms with van der Waals surface area (Å²) in [5.74, 6) is 4.03. The van der Waals surface area contributed by atoms with E-state index in [0.717, 1.165) is 74.8 Å². The van der Waals surface area contributed by atoms with E-state index in [1.165, 1.54) is 11.3 Å². The zero-order valence-corrected chi connectivity index (χ0v) is 24.9. The summed E-state index contributed by atoms with van der Waals surface area (Å²) in [5.41, 5.74) is 7.53. The monoisotopic (exact) mass is 555 g/mol. The van der Waals surface area contributed by atoms with E-state index >= 15 is 0 Å². The van der Waals surface area contributed by atoms with Crippen LogP contribution in [0.2, 0.25) is 19.6 Å². The third kappa shape index (κ3) is 5.22. The van der Waals surface area contributed by atoms with E-state index in [-0.39, 0.29) is 11.9 Å². The van der Waals surface area contributed by atoms with Crippen LogP contribution in [-0.4, -0.2) is 79.6 Å². The molecule has 0 saturated carbocycles. The number of amides is 1. The molecule has 0 spiro atoms. The topological polar surface area (TPSA) is 86.3 Å². The second kappa shape index (κ2) is 9.90. The van der Waals surface area contributed by atoms with E-state index in [9.17, 15) is 4.79 Å². The molecule has 200 valence electrons. The Morgan fingerprint density at radius 2 is 1.82 bits per heavy atom. The van der Waals surface area contributed by atoms with Gasteiger partial charge in [-0.25, -0.2) is 15.0 Å². The lowest BCUT2D eigenvalue weighted by molar-refractivity contribution is 0.0949. The number of rotatable bonds is 2. The molecule has 4 aromatic rings. The largest absolute Gasteiger partial charge is 0.381 e. The van der Waals surface area contributed by atoms with Gasteiger partial charge in [0.15, 0.2) is 0 Å². The average molecular weight is 556 g/mol. The molecule has 2 aliphatic heterocycles. The van der Waals surface area contributed by atoms with Crippen LogP contribution < -0.4 is 15.5 Å². The fraction of sp³-hybridized carbons (Fsp3) is 0.379. The van der Waals surface area contributed by atoms with Crippen LogP contribution in [0.1, 0.15) is 22.3 Å². The van der Waals surface area contributed by atoms with Crippen molar-refractivity contribution in [2.45, 2.75) is 32.6 Å². The molecule has 1 atom stereocenters. The van der Waals surface area contributed by atoms with Crippen molar-refractivity contribution in [2.75, 3.05) is 50.0 Å². The summed E-state index contributed by atoms with van der Waals surface area (Å²) in [6, 6.07) is 10.3. The Balaban J connectivity index is 1.45. The van der Waals surface area contributed by atoms with Gasteiger partial charge in [0.25, 0.3) is 5.91 Å². The number of nitrogens with one attached hydrogen (secondary N) is 2. The SMILES string of the molecule is C[C@@H]1CNc2c(sc3ccc4nc(-c5cc(C#C[Si](C)(C)C)nc(N6CCN(C)CC6)n5)ccc4c23)C(=O)N1. The minimum atomic E-state index is -1.57. The third-order valence-corrected chi connectivity index (χ3v) is 9.05. The molecule has 1 aromatic carbocycles. The minimum Gasteiger partial charge on any atom is -0.381 e. The van der Waals surface area contributed by atoms with Gasteiger partial charge in [-0.15, -0.1) is 16.9 Å². The molecular weight excluding hydrogens is 523 g/mol. The molecule has 10 heteroatoms. The van der Waals surface area contributed by atoms with E-state index < -0.39 is 8.07 Å². The Morgan fingerprint density at radius 3 is 2.59 bits per heavy atom. The first-order valence-electron chi connectivity index (χ1n) is 13.4. The maximum Gasteiger partial charge on any atom is 0.263 e. The van der Waals surface area contributed by atoms with Gasteiger partial charge in [-0.05, 0) is 38.2 Å². The number of carbonyl (C=O) groups excluding carboxylic acids is 1. The van der Waals surface area contributed by atoms with Crippen molar-refractivity contribution in [3.05, 3.63) is 40.9 Å². The van der Waals surface area contributed by atoms with Gasteiger partial charge >= 0.3 is 0 Å². The number of piperazine rings is 1. The second-order valence-electron chi connectivity index (χ2n) is 11.5. The van der Waals surface area contributed by atoms with E-state index in [1.54, 1.807) is 0 Å². The Kier molecular flexibility index (Phi) is 6.53. The molecule has 8 nitrogen and oxygen atoms in total. The van der Waals surface area contributed by atoms with Gasteiger partial charge in [-0.3, -0.25) is 4.79 Å². The van der Waals surface area contributed by atoms with Crippen molar-refractivity contribution < 1.29 is 4.79 Å². The van der Waals surface area contributed by atoms with Gasteiger partial charge in [0, 0.05) is 60.3 Å². The Morgan fingerprint density at radius 1 is 1.03 bits per heavy atom. The summed E-state index contributed by atoms with van der Waals surface area (Å²) in [5, 5.41) is 8.64. The molecular formula is C29H33N7OSSi. The van der Waals surface area contributed by atoms with Gasteiger partial charge in [0.2, 0.25) is 5.95 Å². The van der Waals surface area contributed by atoms with E-state index in [0.29, 0.717) is 12.5 Å². The Bertz CT molecular complexity index is 1660. The average Bonchev–Trinajstić information content (AvgIpc) is 3.23. The van der Waals surface area contributed by atoms with Crippen molar-refractivity contribution in [2.24, 2.45) is 0 Å². The summed E-state index contributed by atoms with van der Waals surface area (Å²) in [7, 11) is 0.569. The van der Waals surface area contributed by atoms with E-state index in [4.69, 9.17) is 15.0 Å². The molecule has 2 aliphatic rings. The maximum absolute atomic E-state index is 12.8. The number of pyridine rings is 1. The molecule has 1 amide bonds. The standard InChI is InChI=1S/C29H33N7OSSi/c1-18-17-30-26-25-20-6-7-22(33-21(20)8-9-24(25)38-27(26)28(37)31-18)23-16-19(10-15-39(3,4)5)32-29(34-23)36-13-11-35(2)12-14-36/h6-9,16,18,30H,11-14,17H2,1-5H3,(H,31,37)/t18-/m1/s1. The highest BCUT2D eigenvalue weighted by atomic mass is 32.1. The maximum atomic E-state index is 12.8. The first-order valence-corrected chi connectivity index (χ1v) is 17.7. The first kappa shape index (κ1) is 25.7. The second-order valence-corrected chi connectivity index (χ2v) is 17.3. The van der Waals surface area contributed by atoms with E-state index in [1.807, 2.05) is 25.1 Å². The zero-order valence-electron chi connectivity index (χ0n) is 23.1. The van der Waals surface area contributed by atoms with Crippen LogP contribution in [0.15, 0.2) is 30.3 Å². The molecule has 2 N–H and O–H groups in total. The van der Waals surface area contributed by atoms with Crippen LogP contribution in [0.5, 0.6) is 0 Å². The molecule has 0 radical (unpaired) electrons. The molecule has 0 unspecified atom stereocenters. The number of hydrogen-bond donors (Lipinski definition) is 2. The van der Waals surface area contributed by atoms with Gasteiger partial charge in [0.1, 0.15) is 18.6 Å². The molecule has 6 rings (SSSR count). The van der Waals surface area contributed by atoms with Crippen LogP contribution in [0.4, 0.5) is 11.6 Å². The van der Waals surface area contributed by atoms with Crippen LogP contribution in [0.3, 0.4) is 0 Å². The first-order chi connectivity index (χ1) is 18.6. The number of anilines is 2. The summed E-state index contributed by atoms with van der Waals surface area (Å²) in [6.07, 6.45) is 0. The lowest BCUT2D eigenvalue weighted by Gasteiger charge is -2.32. The number of fused-ring (bicyclic) bond motifs is 5. The van der Waals surface area contributed by atoms with E-state index in [2.05, 4.69) is 70.7 Å². The number of thiophene rings is 1. The molecule has 3 aromatic heterocycles. The van der Waals surface area contributed by atoms with Crippen molar-refractivity contribution in [1.29, 1.82) is 0 Å². The van der Waals surface area contributed by atoms with Crippen LogP contribution >= 0.6 is 11.3 Å². The number of carbonyl (C=O) groups is 1. The molecule has 5 heterocycles. The van der Waals surface area contributed by atoms with Crippen molar-refractivity contribution >= 4 is 57.9 Å². The quantitative estimate of drug-likeness (QED) is 0.280. The lowest BCUT2D eigenvalue weighted by atomic mass is 10.1. The number of nitrogens with zero attached hydrogens (tertiary/aromatic N) is 5. The number of aromatic nitrogens is 3. The smallest absolute Gasteiger partial charge is 0.263 e. The molecule has 1 saturated heterocycles. The van der Waals surface area contributed by atoms with Crippen LogP contribution in [0.25, 0.3) is 32.4 Å². The van der Waals surface area contributed by atoms with Crippen molar-refractivity contribution in [1.82, 2.24) is 25.2 Å². The third-order valence-electron chi connectivity index (χ3n) is 7.02. The zero-order chi connectivity index (χ0) is 27.3. The van der Waals surface area contributed by atoms with Gasteiger partial charge < -0.3 is 20.4 Å². The summed E-state index contributed by atoms with van der Waals surface area (Å²) in [6.45, 7) is 13.1. The number of benzene rings is 1. The lowest BCUT2D eigenvalue weighted by Crippen LogP contribution is -2.45. The fourth-order valence-electron chi connectivity index (χ4n) is 4.90. The minimum absolute atomic E-state index is 0.0224. The van der Waals surface area contributed by atoms with Crippen molar-refractivity contribution in [3.63, 3.8) is 0 Å². The fourth-order valence-corrected chi connectivity index (χ4v) is 6.50. The summed E-state index contributed by atoms with van der Waals surface area (Å²) >= 11 is 1.52. The highest BCUT2D eigenvalue weighted by Crippen LogP contribution is 2.41. The van der Waals surface area contributed by atoms with Gasteiger partial charge in [-0.2, -0.15) is 0 Å². The Hall–Kier alpha value is -3.52. The summed E-state index contributed by atoms with van der Waals surface area (Å²) in [4.78, 5) is 33.0. The molecule has 0 bridgehead atoms. The highest BCUT2D eigenvalue weighted by Gasteiger charge is 2.25. The van der Waals surface area contributed by atoms with Crippen LogP contribution in [0, 0.1) is 11.5 Å². The molecule has 39 heavy (non-hydrogen) atoms. The summed E-state index contributed by atoms with van der Waals surface area (Å²) < 4.78 is 1.07. The predicted molar refractivity (Wildman–Crippen MR) is 164 cm³/mol. The van der Waals surface area contributed by atoms with Crippen LogP contribution in [-0.2, 0) is 0 Å². The highest BCUT2D eigenvalue weighted by molar-refractivity contribution is 7.21. The van der Waals surface area contributed by atoms with Gasteiger partial charge in [0.05, 0.1) is 22.6 Å². The number of hydrogen-bond acceptors (Lipinski definition) is 8.